The Morgan fingerprint density at radius 1 is 1.71 bits per heavy atom. The predicted molar refractivity (Wildman–Crippen MR) is 26.4 cm³/mol. The molecule has 0 saturated carbocycles. The lowest BCUT2D eigenvalue weighted by molar-refractivity contribution is 0.950. The summed E-state index contributed by atoms with van der Waals surface area (Å²) in [4.78, 5) is 0. The molecule has 0 aliphatic carbocycles. The van der Waals surface area contributed by atoms with Gasteiger partial charge in [0.05, 0.1) is 0 Å². The normalized spacial score (nSPS) is 8.57. The van der Waals surface area contributed by atoms with Gasteiger partial charge in [-0.15, -0.1) is 0 Å². The molecule has 7 heavy (non-hydrogen) atoms. The van der Waals surface area contributed by atoms with Crippen molar-refractivity contribution in [1.82, 2.24) is 9.78 Å². The Hall–Kier alpha value is -1.12. The molecule has 0 amide bonds. The van der Waals surface area contributed by atoms with Gasteiger partial charge in [-0.1, -0.05) is 0 Å². The van der Waals surface area contributed by atoms with Gasteiger partial charge in [0.1, 0.15) is 6.34 Å². The second-order valence-corrected chi connectivity index (χ2v) is 1.12. The molecule has 0 aliphatic heterocycles. The third-order valence-electron chi connectivity index (χ3n) is 0.657. The molecule has 0 spiro atoms. The van der Waals surface area contributed by atoms with Gasteiger partial charge < -0.3 is 0 Å². The lowest BCUT2D eigenvalue weighted by Crippen LogP contribution is -1.91. The molecule has 1 N–H and O–H groups in total. The van der Waals surface area contributed by atoms with E-state index in [0.717, 1.165) is 6.34 Å². The van der Waals surface area contributed by atoms with Crippen LogP contribution < -0.4 is 0 Å². The monoisotopic (exact) mass is 95.0 g/mol. The highest BCUT2D eigenvalue weighted by Crippen LogP contribution is 1.74. The van der Waals surface area contributed by atoms with E-state index in [-0.39, 0.29) is 0 Å². The largest absolute Gasteiger partial charge is 0.289 e. The van der Waals surface area contributed by atoms with Gasteiger partial charge >= 0.3 is 0 Å². The van der Waals surface area contributed by atoms with Crippen molar-refractivity contribution in [2.24, 2.45) is 0 Å². The van der Waals surface area contributed by atoms with Gasteiger partial charge in [-0.05, 0) is 6.07 Å². The quantitative estimate of drug-likeness (QED) is 0.396. The summed E-state index contributed by atoms with van der Waals surface area (Å²) < 4.78 is 1.42. The molecule has 3 heteroatoms. The van der Waals surface area contributed by atoms with Crippen molar-refractivity contribution in [3.8, 4) is 0 Å². The molecule has 0 aliphatic rings. The maximum Gasteiger partial charge on any atom is 0.108 e. The fourth-order valence-electron chi connectivity index (χ4n) is 0.357. The smallest absolute Gasteiger partial charge is 0.108 e. The highest BCUT2D eigenvalue weighted by molar-refractivity contribution is 5.51. The van der Waals surface area contributed by atoms with Gasteiger partial charge in [0.2, 0.25) is 0 Å². The van der Waals surface area contributed by atoms with Gasteiger partial charge in [0, 0.05) is 12.4 Å². The van der Waals surface area contributed by atoms with E-state index in [4.69, 9.17) is 5.41 Å². The van der Waals surface area contributed by atoms with Crippen molar-refractivity contribution in [2.45, 2.75) is 0 Å². The van der Waals surface area contributed by atoms with Crippen molar-refractivity contribution in [3.05, 3.63) is 18.5 Å². The fraction of sp³-hybridized carbons (Fsp3) is 0. The minimum Gasteiger partial charge on any atom is -0.289 e. The van der Waals surface area contributed by atoms with E-state index in [9.17, 15) is 0 Å². The molecule has 0 atom stereocenters. The minimum atomic E-state index is 1.14. The molecule has 0 saturated heterocycles. The van der Waals surface area contributed by atoms with Crippen LogP contribution in [0.15, 0.2) is 18.5 Å². The van der Waals surface area contributed by atoms with E-state index < -0.39 is 0 Å². The van der Waals surface area contributed by atoms with Gasteiger partial charge in [-0.2, -0.15) is 5.10 Å². The average Bonchev–Trinajstić information content (AvgIpc) is 2.14. The average molecular weight is 95.1 g/mol. The molecule has 0 fully saturated rings. The first kappa shape index (κ1) is 4.05. The number of aromatic nitrogens is 2. The van der Waals surface area contributed by atoms with Crippen LogP contribution in [0, 0.1) is 5.41 Å². The molecular weight excluding hydrogens is 90.1 g/mol. The van der Waals surface area contributed by atoms with E-state index in [1.54, 1.807) is 18.5 Å². The molecule has 1 aromatic heterocycles. The number of nitrogens with one attached hydrogen (secondary N) is 1. The van der Waals surface area contributed by atoms with Crippen LogP contribution in [0.1, 0.15) is 0 Å². The number of hydrogen-bond acceptors (Lipinski definition) is 2. The second-order valence-electron chi connectivity index (χ2n) is 1.12. The fourth-order valence-corrected chi connectivity index (χ4v) is 0.357. The van der Waals surface area contributed by atoms with Crippen LogP contribution >= 0.6 is 0 Å². The molecule has 3 nitrogen and oxygen atoms in total. The van der Waals surface area contributed by atoms with E-state index in [1.165, 1.54) is 4.68 Å². The summed E-state index contributed by atoms with van der Waals surface area (Å²) in [6.07, 6.45) is 4.47. The zero-order valence-corrected chi connectivity index (χ0v) is 3.70. The van der Waals surface area contributed by atoms with Crippen LogP contribution in [0.2, 0.25) is 0 Å². The van der Waals surface area contributed by atoms with Crippen LogP contribution in [-0.2, 0) is 0 Å². The van der Waals surface area contributed by atoms with Crippen LogP contribution in [0.5, 0.6) is 0 Å². The first-order valence-electron chi connectivity index (χ1n) is 1.93. The molecule has 1 rings (SSSR count). The Morgan fingerprint density at radius 3 is 2.86 bits per heavy atom. The summed E-state index contributed by atoms with van der Waals surface area (Å²) in [5, 5.41) is 10.3. The molecule has 0 aromatic carbocycles. The van der Waals surface area contributed by atoms with Crippen molar-refractivity contribution in [2.75, 3.05) is 0 Å². The summed E-state index contributed by atoms with van der Waals surface area (Å²) in [7, 11) is 0. The van der Waals surface area contributed by atoms with Gasteiger partial charge in [0.25, 0.3) is 0 Å². The van der Waals surface area contributed by atoms with Crippen molar-refractivity contribution in [3.63, 3.8) is 0 Å². The highest BCUT2D eigenvalue weighted by Gasteiger charge is 1.74. The van der Waals surface area contributed by atoms with Crippen molar-refractivity contribution in [1.29, 1.82) is 5.41 Å². The van der Waals surface area contributed by atoms with Crippen LogP contribution in [-0.4, -0.2) is 16.1 Å². The molecule has 0 radical (unpaired) electrons. The van der Waals surface area contributed by atoms with Crippen LogP contribution in [0.4, 0.5) is 0 Å². The Morgan fingerprint density at radius 2 is 2.57 bits per heavy atom. The Balaban J connectivity index is 2.96. The van der Waals surface area contributed by atoms with Crippen molar-refractivity contribution >= 4 is 6.34 Å². The lowest BCUT2D eigenvalue weighted by atomic mass is 10.8. The van der Waals surface area contributed by atoms with Gasteiger partial charge in [0.15, 0.2) is 0 Å². The maximum atomic E-state index is 6.64. The third kappa shape index (κ3) is 0.652. The SMILES string of the molecule is N=Cn1cccn1. The number of rotatable bonds is 1. The van der Waals surface area contributed by atoms with Crippen molar-refractivity contribution < 1.29 is 0 Å². The van der Waals surface area contributed by atoms with Crippen LogP contribution in [0.25, 0.3) is 0 Å². The van der Waals surface area contributed by atoms with Gasteiger partial charge in [-0.25, -0.2) is 4.68 Å². The summed E-state index contributed by atoms with van der Waals surface area (Å²) in [5.41, 5.74) is 0. The third-order valence-corrected chi connectivity index (χ3v) is 0.657. The summed E-state index contributed by atoms with van der Waals surface area (Å²) in [6.45, 7) is 0. The zero-order valence-electron chi connectivity index (χ0n) is 3.70. The number of nitrogens with zero attached hydrogens (tertiary/aromatic N) is 2. The maximum absolute atomic E-state index is 6.64. The van der Waals surface area contributed by atoms with E-state index >= 15 is 0 Å². The lowest BCUT2D eigenvalue weighted by Gasteiger charge is -1.79. The van der Waals surface area contributed by atoms with E-state index in [0.29, 0.717) is 0 Å². The molecule has 1 aromatic rings. The Kier molecular flexibility index (Phi) is 0.898. The standard InChI is InChI=1S/C4H5N3/c5-4-7-3-1-2-6-7/h1-5H. The summed E-state index contributed by atoms with van der Waals surface area (Å²) in [5.74, 6) is 0. The topological polar surface area (TPSA) is 41.7 Å². The second kappa shape index (κ2) is 1.55. The zero-order chi connectivity index (χ0) is 5.11. The molecule has 36 valence electrons. The minimum absolute atomic E-state index is 1.14. The molecule has 0 bridgehead atoms. The van der Waals surface area contributed by atoms with E-state index in [2.05, 4.69) is 5.10 Å². The summed E-state index contributed by atoms with van der Waals surface area (Å²) in [6, 6.07) is 1.77. The predicted octanol–water partition coefficient (Wildman–Crippen LogP) is 0.338. The van der Waals surface area contributed by atoms with E-state index in [1.807, 2.05) is 0 Å². The first-order valence-corrected chi connectivity index (χ1v) is 1.93. The van der Waals surface area contributed by atoms with Gasteiger partial charge in [-0.3, -0.25) is 5.41 Å². The first-order chi connectivity index (χ1) is 3.43. The Bertz CT molecular complexity index is 142. The summed E-state index contributed by atoms with van der Waals surface area (Å²) >= 11 is 0. The number of hydrogen-bond donors (Lipinski definition) is 1. The molecule has 1 heterocycles. The highest BCUT2D eigenvalue weighted by atomic mass is 15.3. The van der Waals surface area contributed by atoms with Crippen LogP contribution in [0.3, 0.4) is 0 Å². The molecule has 0 unspecified atom stereocenters. The Labute approximate surface area is 41.1 Å². The molecular formula is C4H5N3.